The van der Waals surface area contributed by atoms with Gasteiger partial charge in [0.25, 0.3) is 0 Å². The maximum absolute atomic E-state index is 8.54. The van der Waals surface area contributed by atoms with Gasteiger partial charge in [0, 0.05) is 0 Å². The van der Waals surface area contributed by atoms with Crippen molar-refractivity contribution < 1.29 is 4.84 Å². The second kappa shape index (κ2) is 4.27. The van der Waals surface area contributed by atoms with Crippen molar-refractivity contribution in [2.45, 2.75) is 6.10 Å². The topological polar surface area (TPSA) is 59.0 Å². The average Bonchev–Trinajstić information content (AvgIpc) is 2.21. The Hall–Kier alpha value is -1.81. The van der Waals surface area contributed by atoms with Crippen LogP contribution in [-0.4, -0.2) is 0 Å². The van der Waals surface area contributed by atoms with E-state index < -0.39 is 6.10 Å². The Kier molecular flexibility index (Phi) is 3.05. The van der Waals surface area contributed by atoms with E-state index in [0.29, 0.717) is 5.56 Å². The Labute approximate surface area is 76.7 Å². The van der Waals surface area contributed by atoms with Crippen LogP contribution in [-0.2, 0) is 4.84 Å². The van der Waals surface area contributed by atoms with Crippen LogP contribution in [0.15, 0.2) is 24.3 Å². The molecule has 0 bridgehead atoms. The molecule has 0 radical (unpaired) electrons. The summed E-state index contributed by atoms with van der Waals surface area (Å²) in [6.07, 6.45) is 4.62. The number of rotatable bonds is 2. The average molecular weight is 172 g/mol. The summed E-state index contributed by atoms with van der Waals surface area (Å²) in [4.78, 5) is 4.54. The summed E-state index contributed by atoms with van der Waals surface area (Å²) >= 11 is 0. The quantitative estimate of drug-likeness (QED) is 0.537. The number of hydrogen-bond acceptors (Lipinski definition) is 3. The summed E-state index contributed by atoms with van der Waals surface area (Å²) in [7, 11) is 0. The normalized spacial score (nSPS) is 11.3. The predicted molar refractivity (Wildman–Crippen MR) is 48.0 cm³/mol. The first-order chi connectivity index (χ1) is 6.31. The molecule has 1 aromatic carbocycles. The molecule has 0 aliphatic heterocycles. The maximum atomic E-state index is 8.54. The lowest BCUT2D eigenvalue weighted by molar-refractivity contribution is 0.0935. The van der Waals surface area contributed by atoms with Gasteiger partial charge in [-0.15, -0.1) is 6.42 Å². The zero-order valence-corrected chi connectivity index (χ0v) is 6.90. The molecule has 1 rings (SSSR count). The fraction of sp³-hybridized carbons (Fsp3) is 0.100. The number of terminal acetylenes is 1. The molecule has 0 aliphatic rings. The van der Waals surface area contributed by atoms with Crippen molar-refractivity contribution in [2.75, 3.05) is 0 Å². The van der Waals surface area contributed by atoms with Crippen LogP contribution in [0.2, 0.25) is 0 Å². The van der Waals surface area contributed by atoms with Gasteiger partial charge in [-0.3, -0.25) is 4.84 Å². The largest absolute Gasteiger partial charge is 0.283 e. The molecule has 3 heteroatoms. The molecule has 0 aromatic heterocycles. The lowest BCUT2D eigenvalue weighted by Gasteiger charge is -2.06. The van der Waals surface area contributed by atoms with Gasteiger partial charge in [0.2, 0.25) is 0 Å². The summed E-state index contributed by atoms with van der Waals surface area (Å²) in [6, 6.07) is 8.77. The predicted octanol–water partition coefficient (Wildman–Crippen LogP) is 1.12. The van der Waals surface area contributed by atoms with Crippen molar-refractivity contribution in [1.82, 2.24) is 0 Å². The van der Waals surface area contributed by atoms with Gasteiger partial charge in [-0.2, -0.15) is 5.26 Å². The highest BCUT2D eigenvalue weighted by atomic mass is 16.6. The molecule has 3 nitrogen and oxygen atoms in total. The van der Waals surface area contributed by atoms with Crippen LogP contribution in [0.25, 0.3) is 0 Å². The van der Waals surface area contributed by atoms with Gasteiger partial charge < -0.3 is 0 Å². The molecular weight excluding hydrogens is 164 g/mol. The minimum Gasteiger partial charge on any atom is -0.283 e. The molecule has 1 atom stereocenters. The molecule has 1 unspecified atom stereocenters. The Morgan fingerprint density at radius 1 is 1.38 bits per heavy atom. The van der Waals surface area contributed by atoms with E-state index in [2.05, 4.69) is 10.8 Å². The second-order valence-electron chi connectivity index (χ2n) is 2.42. The minimum atomic E-state index is -0.548. The van der Waals surface area contributed by atoms with Gasteiger partial charge in [0.15, 0.2) is 6.10 Å². The Bertz CT molecular complexity index is 356. The van der Waals surface area contributed by atoms with Crippen molar-refractivity contribution in [3.63, 3.8) is 0 Å². The van der Waals surface area contributed by atoms with E-state index in [4.69, 9.17) is 17.6 Å². The zero-order chi connectivity index (χ0) is 9.68. The number of nitrogens with two attached hydrogens (primary N) is 1. The van der Waals surface area contributed by atoms with Gasteiger partial charge in [-0.1, -0.05) is 18.1 Å². The first-order valence-electron chi connectivity index (χ1n) is 3.63. The van der Waals surface area contributed by atoms with Crippen molar-refractivity contribution in [1.29, 1.82) is 5.26 Å². The van der Waals surface area contributed by atoms with Crippen LogP contribution >= 0.6 is 0 Å². The number of nitrogens with zero attached hydrogens (tertiary/aromatic N) is 1. The Balaban J connectivity index is 2.94. The summed E-state index contributed by atoms with van der Waals surface area (Å²) < 4.78 is 0. The molecule has 0 saturated heterocycles. The second-order valence-corrected chi connectivity index (χ2v) is 2.42. The molecule has 13 heavy (non-hydrogen) atoms. The third-order valence-corrected chi connectivity index (χ3v) is 1.63. The molecule has 0 fully saturated rings. The minimum absolute atomic E-state index is 0.548. The van der Waals surface area contributed by atoms with E-state index in [1.165, 1.54) is 0 Å². The van der Waals surface area contributed by atoms with E-state index in [0.717, 1.165) is 5.56 Å². The summed E-state index contributed by atoms with van der Waals surface area (Å²) in [5.74, 6) is 7.35. The molecule has 0 amide bonds. The first kappa shape index (κ1) is 9.28. The van der Waals surface area contributed by atoms with Crippen molar-refractivity contribution in [2.24, 2.45) is 5.90 Å². The third kappa shape index (κ3) is 2.07. The van der Waals surface area contributed by atoms with Crippen molar-refractivity contribution in [3.05, 3.63) is 35.4 Å². The monoisotopic (exact) mass is 172 g/mol. The SMILES string of the molecule is C#CC(ON)c1ccc(C#N)cc1. The van der Waals surface area contributed by atoms with Gasteiger partial charge in [0.1, 0.15) is 0 Å². The Morgan fingerprint density at radius 3 is 2.38 bits per heavy atom. The van der Waals surface area contributed by atoms with Gasteiger partial charge >= 0.3 is 0 Å². The van der Waals surface area contributed by atoms with Crippen LogP contribution in [0.5, 0.6) is 0 Å². The van der Waals surface area contributed by atoms with Crippen molar-refractivity contribution >= 4 is 0 Å². The molecule has 0 spiro atoms. The number of benzene rings is 1. The maximum Gasteiger partial charge on any atom is 0.164 e. The zero-order valence-electron chi connectivity index (χ0n) is 6.90. The third-order valence-electron chi connectivity index (χ3n) is 1.63. The van der Waals surface area contributed by atoms with Gasteiger partial charge in [0.05, 0.1) is 11.6 Å². The van der Waals surface area contributed by atoms with Crippen LogP contribution in [0, 0.1) is 23.7 Å². The highest BCUT2D eigenvalue weighted by Crippen LogP contribution is 2.14. The summed E-state index contributed by atoms with van der Waals surface area (Å²) in [5, 5.41) is 8.54. The molecule has 64 valence electrons. The summed E-state index contributed by atoms with van der Waals surface area (Å²) in [6.45, 7) is 0. The number of nitriles is 1. The van der Waals surface area contributed by atoms with Crippen LogP contribution in [0.3, 0.4) is 0 Å². The molecular formula is C10H8N2O. The molecule has 2 N–H and O–H groups in total. The molecule has 1 aromatic rings. The fourth-order valence-electron chi connectivity index (χ4n) is 0.947. The van der Waals surface area contributed by atoms with Gasteiger partial charge in [-0.25, -0.2) is 5.90 Å². The van der Waals surface area contributed by atoms with Crippen molar-refractivity contribution in [3.8, 4) is 18.4 Å². The van der Waals surface area contributed by atoms with Crippen LogP contribution < -0.4 is 5.90 Å². The first-order valence-corrected chi connectivity index (χ1v) is 3.63. The molecule has 0 saturated carbocycles. The lowest BCUT2D eigenvalue weighted by atomic mass is 10.1. The van der Waals surface area contributed by atoms with E-state index in [1.54, 1.807) is 24.3 Å². The highest BCUT2D eigenvalue weighted by Gasteiger charge is 2.05. The molecule has 0 aliphatic carbocycles. The Morgan fingerprint density at radius 2 is 2.00 bits per heavy atom. The van der Waals surface area contributed by atoms with E-state index >= 15 is 0 Å². The smallest absolute Gasteiger partial charge is 0.164 e. The standard InChI is InChI=1S/C10H8N2O/c1-2-10(13-12)9-5-3-8(7-11)4-6-9/h1,3-6,10H,12H2. The lowest BCUT2D eigenvalue weighted by Crippen LogP contribution is -2.06. The van der Waals surface area contributed by atoms with E-state index in [-0.39, 0.29) is 0 Å². The fourth-order valence-corrected chi connectivity index (χ4v) is 0.947. The van der Waals surface area contributed by atoms with E-state index in [9.17, 15) is 0 Å². The van der Waals surface area contributed by atoms with E-state index in [1.807, 2.05) is 6.07 Å². The summed E-state index contributed by atoms with van der Waals surface area (Å²) in [5.41, 5.74) is 1.35. The highest BCUT2D eigenvalue weighted by molar-refractivity contribution is 5.34. The molecule has 0 heterocycles. The van der Waals surface area contributed by atoms with Crippen LogP contribution in [0.4, 0.5) is 0 Å². The van der Waals surface area contributed by atoms with Crippen LogP contribution in [0.1, 0.15) is 17.2 Å². The van der Waals surface area contributed by atoms with Gasteiger partial charge in [-0.05, 0) is 17.7 Å². The number of hydrogen-bond donors (Lipinski definition) is 1.